The summed E-state index contributed by atoms with van der Waals surface area (Å²) in [5.74, 6) is 0.0490. The van der Waals surface area contributed by atoms with Crippen LogP contribution in [0.3, 0.4) is 0 Å². The Balaban J connectivity index is 2.04. The number of hydrogen-bond donors (Lipinski definition) is 1. The molecule has 0 amide bonds. The second-order valence-corrected chi connectivity index (χ2v) is 5.13. The molecule has 1 saturated heterocycles. The van der Waals surface area contributed by atoms with Crippen molar-refractivity contribution in [1.29, 1.82) is 0 Å². The molecule has 1 spiro atoms. The fourth-order valence-electron chi connectivity index (χ4n) is 3.18. The van der Waals surface area contributed by atoms with Crippen LogP contribution in [0.25, 0.3) is 0 Å². The van der Waals surface area contributed by atoms with Crippen LogP contribution < -0.4 is 5.73 Å². The van der Waals surface area contributed by atoms with E-state index < -0.39 is 0 Å². The number of carbonyl (C=O) groups excluding carboxylic acids is 1. The summed E-state index contributed by atoms with van der Waals surface area (Å²) < 4.78 is 4.95. The lowest BCUT2D eigenvalue weighted by Crippen LogP contribution is -2.54. The molecule has 0 aromatic heterocycles. The van der Waals surface area contributed by atoms with Gasteiger partial charge in [0.05, 0.1) is 13.0 Å². The van der Waals surface area contributed by atoms with E-state index in [9.17, 15) is 4.79 Å². The number of piperidine rings is 1. The number of hydrogen-bond acceptors (Lipinski definition) is 4. The minimum atomic E-state index is -0.0265. The van der Waals surface area contributed by atoms with E-state index in [1.807, 2.05) is 0 Å². The maximum absolute atomic E-state index is 11.8. The molecule has 2 aliphatic rings. The van der Waals surface area contributed by atoms with Gasteiger partial charge in [-0.1, -0.05) is 6.42 Å². The topological polar surface area (TPSA) is 55.6 Å². The fraction of sp³-hybridized carbons (Fsp3) is 0.917. The molecule has 0 aromatic carbocycles. The molecule has 0 bridgehead atoms. The Labute approximate surface area is 97.1 Å². The minimum absolute atomic E-state index is 0.0265. The van der Waals surface area contributed by atoms with Crippen molar-refractivity contribution < 1.29 is 9.53 Å². The van der Waals surface area contributed by atoms with Crippen molar-refractivity contribution in [3.05, 3.63) is 0 Å². The van der Waals surface area contributed by atoms with E-state index in [2.05, 4.69) is 4.90 Å². The second kappa shape index (κ2) is 4.72. The molecular weight excluding hydrogens is 204 g/mol. The summed E-state index contributed by atoms with van der Waals surface area (Å²) >= 11 is 0. The molecule has 1 saturated carbocycles. The van der Waals surface area contributed by atoms with Gasteiger partial charge < -0.3 is 15.4 Å². The molecule has 2 fully saturated rings. The van der Waals surface area contributed by atoms with Crippen LogP contribution in [0.5, 0.6) is 0 Å². The number of methoxy groups -OCH3 is 1. The van der Waals surface area contributed by atoms with Crippen LogP contribution in [0, 0.1) is 11.3 Å². The molecule has 0 aromatic rings. The number of likely N-dealkylation sites (tertiary alicyclic amines) is 1. The molecule has 2 rings (SSSR count). The van der Waals surface area contributed by atoms with Crippen LogP contribution in [0.2, 0.25) is 0 Å². The van der Waals surface area contributed by atoms with E-state index in [1.54, 1.807) is 0 Å². The largest absolute Gasteiger partial charge is 0.469 e. The third-order valence-corrected chi connectivity index (χ3v) is 4.39. The first-order valence-electron chi connectivity index (χ1n) is 6.22. The fourth-order valence-corrected chi connectivity index (χ4v) is 3.18. The van der Waals surface area contributed by atoms with Gasteiger partial charge in [-0.15, -0.1) is 0 Å². The van der Waals surface area contributed by atoms with Gasteiger partial charge in [0, 0.05) is 19.6 Å². The zero-order valence-corrected chi connectivity index (χ0v) is 10.1. The Morgan fingerprint density at radius 2 is 2.25 bits per heavy atom. The van der Waals surface area contributed by atoms with E-state index in [0.29, 0.717) is 6.54 Å². The zero-order chi connectivity index (χ0) is 11.6. The average Bonchev–Trinajstić information content (AvgIpc) is 2.26. The molecular formula is C12H22N2O2. The van der Waals surface area contributed by atoms with Gasteiger partial charge in [-0.05, 0) is 31.2 Å². The molecule has 4 nitrogen and oxygen atoms in total. The molecule has 4 heteroatoms. The van der Waals surface area contributed by atoms with Crippen molar-refractivity contribution in [2.24, 2.45) is 17.1 Å². The zero-order valence-electron chi connectivity index (χ0n) is 10.1. The first kappa shape index (κ1) is 11.9. The molecule has 1 heterocycles. The quantitative estimate of drug-likeness (QED) is 0.716. The highest BCUT2D eigenvalue weighted by Crippen LogP contribution is 2.52. The summed E-state index contributed by atoms with van der Waals surface area (Å²) in [6.45, 7) is 3.49. The van der Waals surface area contributed by atoms with Crippen molar-refractivity contribution in [3.8, 4) is 0 Å². The lowest BCUT2D eigenvalue weighted by Gasteiger charge is -2.52. The van der Waals surface area contributed by atoms with Crippen LogP contribution in [-0.2, 0) is 9.53 Å². The molecule has 1 aliphatic heterocycles. The minimum Gasteiger partial charge on any atom is -0.469 e. The summed E-state index contributed by atoms with van der Waals surface area (Å²) in [5.41, 5.74) is 5.83. The van der Waals surface area contributed by atoms with Crippen molar-refractivity contribution in [3.63, 3.8) is 0 Å². The van der Waals surface area contributed by atoms with Gasteiger partial charge in [0.15, 0.2) is 0 Å². The standard InChI is InChI=1S/C12H22N2O2/c1-16-11(15)10-9-14(8-6-13)7-5-12(10)3-2-4-12/h10H,2-9,13H2,1H3. The Hall–Kier alpha value is -0.610. The van der Waals surface area contributed by atoms with Gasteiger partial charge in [0.25, 0.3) is 0 Å². The van der Waals surface area contributed by atoms with Gasteiger partial charge in [0.1, 0.15) is 0 Å². The van der Waals surface area contributed by atoms with E-state index >= 15 is 0 Å². The molecule has 2 N–H and O–H groups in total. The van der Waals surface area contributed by atoms with E-state index in [-0.39, 0.29) is 17.3 Å². The summed E-state index contributed by atoms with van der Waals surface area (Å²) in [4.78, 5) is 14.1. The summed E-state index contributed by atoms with van der Waals surface area (Å²) in [6.07, 6.45) is 4.80. The lowest BCUT2D eigenvalue weighted by atomic mass is 9.57. The van der Waals surface area contributed by atoms with Crippen LogP contribution >= 0.6 is 0 Å². The number of ether oxygens (including phenoxy) is 1. The number of nitrogens with zero attached hydrogens (tertiary/aromatic N) is 1. The molecule has 1 unspecified atom stereocenters. The highest BCUT2D eigenvalue weighted by molar-refractivity contribution is 5.74. The van der Waals surface area contributed by atoms with Crippen LogP contribution in [0.15, 0.2) is 0 Å². The van der Waals surface area contributed by atoms with Crippen LogP contribution in [0.1, 0.15) is 25.7 Å². The van der Waals surface area contributed by atoms with Gasteiger partial charge in [-0.2, -0.15) is 0 Å². The van der Waals surface area contributed by atoms with Crippen molar-refractivity contribution >= 4 is 5.97 Å². The first-order chi connectivity index (χ1) is 7.72. The van der Waals surface area contributed by atoms with E-state index in [4.69, 9.17) is 10.5 Å². The Morgan fingerprint density at radius 3 is 2.75 bits per heavy atom. The van der Waals surface area contributed by atoms with E-state index in [0.717, 1.165) is 26.1 Å². The molecule has 1 atom stereocenters. The van der Waals surface area contributed by atoms with Crippen molar-refractivity contribution in [1.82, 2.24) is 4.90 Å². The van der Waals surface area contributed by atoms with Gasteiger partial charge in [-0.25, -0.2) is 0 Å². The van der Waals surface area contributed by atoms with Gasteiger partial charge in [-0.3, -0.25) is 4.79 Å². The van der Waals surface area contributed by atoms with Gasteiger partial charge in [0.2, 0.25) is 0 Å². The number of nitrogens with two attached hydrogens (primary N) is 1. The van der Waals surface area contributed by atoms with Gasteiger partial charge >= 0.3 is 5.97 Å². The van der Waals surface area contributed by atoms with Crippen LogP contribution in [0.4, 0.5) is 0 Å². The monoisotopic (exact) mass is 226 g/mol. The maximum atomic E-state index is 11.8. The predicted octanol–water partition coefficient (Wildman–Crippen LogP) is 0.610. The molecule has 1 aliphatic carbocycles. The second-order valence-electron chi connectivity index (χ2n) is 5.13. The van der Waals surface area contributed by atoms with Crippen molar-refractivity contribution in [2.75, 3.05) is 33.3 Å². The number of esters is 1. The number of carbonyl (C=O) groups is 1. The normalized spacial score (nSPS) is 28.8. The highest BCUT2D eigenvalue weighted by Gasteiger charge is 2.50. The molecule has 92 valence electrons. The van der Waals surface area contributed by atoms with E-state index in [1.165, 1.54) is 26.4 Å². The van der Waals surface area contributed by atoms with Crippen molar-refractivity contribution in [2.45, 2.75) is 25.7 Å². The first-order valence-corrected chi connectivity index (χ1v) is 6.22. The average molecular weight is 226 g/mol. The smallest absolute Gasteiger partial charge is 0.310 e. The van der Waals surface area contributed by atoms with Crippen LogP contribution in [-0.4, -0.2) is 44.2 Å². The lowest BCUT2D eigenvalue weighted by molar-refractivity contribution is -0.159. The maximum Gasteiger partial charge on any atom is 0.310 e. The highest BCUT2D eigenvalue weighted by atomic mass is 16.5. The summed E-state index contributed by atoms with van der Waals surface area (Å²) in [5, 5.41) is 0. The Kier molecular flexibility index (Phi) is 3.50. The number of rotatable bonds is 3. The SMILES string of the molecule is COC(=O)C1CN(CCN)CCC12CCC2. The summed E-state index contributed by atoms with van der Waals surface area (Å²) in [6, 6.07) is 0. The Bertz CT molecular complexity index is 264. The summed E-state index contributed by atoms with van der Waals surface area (Å²) in [7, 11) is 1.50. The third kappa shape index (κ3) is 1.96. The Morgan fingerprint density at radius 1 is 1.50 bits per heavy atom. The molecule has 0 radical (unpaired) electrons. The third-order valence-electron chi connectivity index (χ3n) is 4.39. The predicted molar refractivity (Wildman–Crippen MR) is 61.9 cm³/mol. The molecule has 16 heavy (non-hydrogen) atoms.